The van der Waals surface area contributed by atoms with Gasteiger partial charge in [-0.15, -0.1) is 0 Å². The summed E-state index contributed by atoms with van der Waals surface area (Å²) in [6.07, 6.45) is 1.63. The van der Waals surface area contributed by atoms with Crippen molar-refractivity contribution in [1.29, 1.82) is 0 Å². The van der Waals surface area contributed by atoms with E-state index in [1.54, 1.807) is 24.4 Å². The van der Waals surface area contributed by atoms with Gasteiger partial charge in [-0.1, -0.05) is 23.2 Å². The van der Waals surface area contributed by atoms with Gasteiger partial charge in [0.2, 0.25) is 0 Å². The zero-order valence-corrected chi connectivity index (χ0v) is 13.5. The zero-order chi connectivity index (χ0) is 12.4. The fraction of sp³-hybridized carbons (Fsp3) is 0. The lowest BCUT2D eigenvalue weighted by Gasteiger charge is -1.96. The summed E-state index contributed by atoms with van der Waals surface area (Å²) in [6, 6.07) is 7.04. The van der Waals surface area contributed by atoms with E-state index >= 15 is 0 Å². The van der Waals surface area contributed by atoms with Crippen LogP contribution < -0.4 is 0 Å². The minimum absolute atomic E-state index is 0.483. The monoisotopic (exact) mass is 443 g/mol. The summed E-state index contributed by atoms with van der Waals surface area (Å²) in [5.41, 5.74) is 0.724. The molecule has 0 aliphatic carbocycles. The number of hydrogen-bond donors (Lipinski definition) is 0. The molecule has 1 aromatic heterocycles. The average molecular weight is 445 g/mol. The van der Waals surface area contributed by atoms with E-state index < -0.39 is 0 Å². The Hall–Kier alpha value is -0.0400. The molecule has 1 heterocycles. The Morgan fingerprint density at radius 3 is 2.59 bits per heavy atom. The molecular formula is C11H5BrCl2INO. The first-order chi connectivity index (χ1) is 8.06. The number of halogens is 4. The molecule has 0 aliphatic rings. The molecule has 0 spiro atoms. The molecule has 0 saturated heterocycles. The van der Waals surface area contributed by atoms with E-state index in [2.05, 4.69) is 43.5 Å². The van der Waals surface area contributed by atoms with Crippen LogP contribution in [0.3, 0.4) is 0 Å². The second-order valence-electron chi connectivity index (χ2n) is 3.13. The molecule has 0 saturated carbocycles. The minimum Gasteiger partial charge on any atom is -0.448 e. The van der Waals surface area contributed by atoms with E-state index in [1.807, 2.05) is 6.07 Å². The Balaban J connectivity index is 2.22. The van der Waals surface area contributed by atoms with E-state index in [9.17, 15) is 0 Å². The highest BCUT2D eigenvalue weighted by molar-refractivity contribution is 14.1. The van der Waals surface area contributed by atoms with Crippen molar-refractivity contribution in [2.45, 2.75) is 0 Å². The summed E-state index contributed by atoms with van der Waals surface area (Å²) in [4.78, 5) is 4.25. The van der Waals surface area contributed by atoms with Crippen molar-refractivity contribution in [3.63, 3.8) is 0 Å². The fourth-order valence-corrected chi connectivity index (χ4v) is 2.14. The first-order valence-corrected chi connectivity index (χ1v) is 7.13. The number of rotatable bonds is 2. The molecule has 17 heavy (non-hydrogen) atoms. The predicted octanol–water partition coefficient (Wildman–Crippen LogP) is 5.70. The lowest BCUT2D eigenvalue weighted by Crippen LogP contribution is -1.74. The molecule has 0 N–H and O–H groups in total. The van der Waals surface area contributed by atoms with E-state index in [0.29, 0.717) is 15.8 Å². The maximum atomic E-state index is 5.89. The maximum absolute atomic E-state index is 5.89. The van der Waals surface area contributed by atoms with Crippen molar-refractivity contribution >= 4 is 73.6 Å². The van der Waals surface area contributed by atoms with Crippen LogP contribution in [-0.2, 0) is 0 Å². The van der Waals surface area contributed by atoms with E-state index in [1.165, 1.54) is 0 Å². The van der Waals surface area contributed by atoms with Crippen LogP contribution in [0.5, 0.6) is 0 Å². The van der Waals surface area contributed by atoms with E-state index in [0.717, 1.165) is 13.9 Å². The van der Waals surface area contributed by atoms with Crippen LogP contribution in [0.2, 0.25) is 10.0 Å². The number of benzene rings is 1. The van der Waals surface area contributed by atoms with E-state index in [4.69, 9.17) is 27.6 Å². The third-order valence-corrected chi connectivity index (χ3v) is 4.78. The third-order valence-electron chi connectivity index (χ3n) is 1.91. The molecule has 1 aromatic carbocycles. The van der Waals surface area contributed by atoms with Crippen LogP contribution in [0.15, 0.2) is 38.1 Å². The first kappa shape index (κ1) is 13.4. The smallest absolute Gasteiger partial charge is 0.178 e. The fourth-order valence-electron chi connectivity index (χ4n) is 1.13. The highest BCUT2D eigenvalue weighted by atomic mass is 127. The van der Waals surface area contributed by atoms with Gasteiger partial charge in [0.15, 0.2) is 3.77 Å². The SMILES string of the molecule is Clc1ccc(N=Cc2cc(Br)c(I)o2)cc1Cl. The second kappa shape index (κ2) is 5.73. The average Bonchev–Trinajstić information content (AvgIpc) is 2.60. The van der Waals surface area contributed by atoms with Crippen LogP contribution >= 0.6 is 61.7 Å². The Bertz CT molecular complexity index is 563. The van der Waals surface area contributed by atoms with E-state index in [-0.39, 0.29) is 0 Å². The largest absolute Gasteiger partial charge is 0.448 e. The topological polar surface area (TPSA) is 25.5 Å². The van der Waals surface area contributed by atoms with Gasteiger partial charge in [0.1, 0.15) is 5.76 Å². The van der Waals surface area contributed by atoms with Gasteiger partial charge in [0.05, 0.1) is 26.4 Å². The Kier molecular flexibility index (Phi) is 4.52. The lowest BCUT2D eigenvalue weighted by molar-refractivity contribution is 0.530. The summed E-state index contributed by atoms with van der Waals surface area (Å²) >= 11 is 17.2. The summed E-state index contributed by atoms with van der Waals surface area (Å²) in [5, 5.41) is 0.998. The molecule has 2 rings (SSSR count). The number of furan rings is 1. The molecule has 6 heteroatoms. The molecule has 0 amide bonds. The number of nitrogens with zero attached hydrogens (tertiary/aromatic N) is 1. The van der Waals surface area contributed by atoms with Crippen LogP contribution in [0.25, 0.3) is 0 Å². The minimum atomic E-state index is 0.483. The second-order valence-corrected chi connectivity index (χ2v) is 5.78. The van der Waals surface area contributed by atoms with Crippen molar-refractivity contribution in [3.8, 4) is 0 Å². The highest BCUT2D eigenvalue weighted by Gasteiger charge is 2.03. The van der Waals surface area contributed by atoms with Gasteiger partial charge in [-0.2, -0.15) is 0 Å². The van der Waals surface area contributed by atoms with Gasteiger partial charge in [0.25, 0.3) is 0 Å². The van der Waals surface area contributed by atoms with Gasteiger partial charge in [0, 0.05) is 28.7 Å². The molecule has 0 bridgehead atoms. The van der Waals surface area contributed by atoms with Crippen molar-refractivity contribution in [2.24, 2.45) is 4.99 Å². The van der Waals surface area contributed by atoms with Crippen molar-refractivity contribution in [3.05, 3.63) is 48.3 Å². The predicted molar refractivity (Wildman–Crippen MR) is 82.8 cm³/mol. The first-order valence-electron chi connectivity index (χ1n) is 4.50. The summed E-state index contributed by atoms with van der Waals surface area (Å²) in [6.45, 7) is 0. The third kappa shape index (κ3) is 3.47. The van der Waals surface area contributed by atoms with Crippen LogP contribution in [0.4, 0.5) is 5.69 Å². The molecular weight excluding hydrogens is 440 g/mol. The summed E-state index contributed by atoms with van der Waals surface area (Å²) in [5.74, 6) is 0.673. The zero-order valence-electron chi connectivity index (χ0n) is 8.25. The molecule has 2 nitrogen and oxygen atoms in total. The van der Waals surface area contributed by atoms with Crippen LogP contribution in [0.1, 0.15) is 5.76 Å². The molecule has 0 fully saturated rings. The standard InChI is InChI=1S/C11H5BrCl2INO/c12-8-4-7(17-11(8)15)5-16-6-1-2-9(13)10(14)3-6/h1-5H. The van der Waals surface area contributed by atoms with Gasteiger partial charge in [-0.25, -0.2) is 0 Å². The molecule has 0 unspecified atom stereocenters. The number of aliphatic imine (C=N–C) groups is 1. The normalized spacial score (nSPS) is 11.3. The Morgan fingerprint density at radius 1 is 1.24 bits per heavy atom. The highest BCUT2D eigenvalue weighted by Crippen LogP contribution is 2.27. The summed E-state index contributed by atoms with van der Waals surface area (Å²) in [7, 11) is 0. The molecule has 2 aromatic rings. The van der Waals surface area contributed by atoms with Gasteiger partial charge in [-0.05, 0) is 34.1 Å². The van der Waals surface area contributed by atoms with Gasteiger partial charge >= 0.3 is 0 Å². The van der Waals surface area contributed by atoms with Crippen molar-refractivity contribution < 1.29 is 4.42 Å². The Morgan fingerprint density at radius 2 is 2.00 bits per heavy atom. The molecule has 0 aliphatic heterocycles. The maximum Gasteiger partial charge on any atom is 0.178 e. The van der Waals surface area contributed by atoms with Crippen molar-refractivity contribution in [1.82, 2.24) is 0 Å². The van der Waals surface area contributed by atoms with Crippen LogP contribution in [0, 0.1) is 3.77 Å². The lowest BCUT2D eigenvalue weighted by atomic mass is 10.3. The molecule has 0 radical (unpaired) electrons. The quantitative estimate of drug-likeness (QED) is 0.430. The van der Waals surface area contributed by atoms with Crippen molar-refractivity contribution in [2.75, 3.05) is 0 Å². The molecule has 88 valence electrons. The Labute approximate surface area is 130 Å². The number of hydrogen-bond acceptors (Lipinski definition) is 2. The summed E-state index contributed by atoms with van der Waals surface area (Å²) < 4.78 is 7.12. The van der Waals surface area contributed by atoms with Gasteiger partial charge in [-0.3, -0.25) is 4.99 Å². The molecule has 0 atom stereocenters. The van der Waals surface area contributed by atoms with Gasteiger partial charge < -0.3 is 4.42 Å². The van der Waals surface area contributed by atoms with Crippen LogP contribution in [-0.4, -0.2) is 6.21 Å².